The highest BCUT2D eigenvalue weighted by Gasteiger charge is 2.31. The summed E-state index contributed by atoms with van der Waals surface area (Å²) in [6, 6.07) is 10.6. The minimum absolute atomic E-state index is 0.285. The summed E-state index contributed by atoms with van der Waals surface area (Å²) in [7, 11) is 1.50. The van der Waals surface area contributed by atoms with E-state index in [1.54, 1.807) is 18.2 Å². The number of halogens is 4. The lowest BCUT2D eigenvalue weighted by Crippen LogP contribution is -2.16. The van der Waals surface area contributed by atoms with Crippen LogP contribution >= 0.6 is 11.6 Å². The lowest BCUT2D eigenvalue weighted by molar-refractivity contribution is -0.274. The van der Waals surface area contributed by atoms with Gasteiger partial charge in [-0.05, 0) is 29.8 Å². The zero-order valence-corrected chi connectivity index (χ0v) is 11.1. The maximum absolute atomic E-state index is 12.1. The molecule has 20 heavy (non-hydrogen) atoms. The van der Waals surface area contributed by atoms with Crippen molar-refractivity contribution >= 4 is 11.6 Å². The van der Waals surface area contributed by atoms with Gasteiger partial charge in [-0.15, -0.1) is 13.2 Å². The minimum atomic E-state index is -4.70. The van der Waals surface area contributed by atoms with Crippen molar-refractivity contribution in [3.63, 3.8) is 0 Å². The van der Waals surface area contributed by atoms with E-state index in [0.717, 1.165) is 0 Å². The molecular formula is C14H10ClF3O2. The molecule has 0 N–H and O–H groups in total. The normalized spacial score (nSPS) is 11.2. The summed E-state index contributed by atoms with van der Waals surface area (Å²) in [6.07, 6.45) is -4.70. The number of hydrogen-bond acceptors (Lipinski definition) is 2. The van der Waals surface area contributed by atoms with Crippen LogP contribution in [0.25, 0.3) is 11.1 Å². The molecule has 0 radical (unpaired) electrons. The molecule has 0 heterocycles. The Kier molecular flexibility index (Phi) is 4.09. The van der Waals surface area contributed by atoms with Crippen molar-refractivity contribution in [3.8, 4) is 22.6 Å². The van der Waals surface area contributed by atoms with E-state index < -0.39 is 6.36 Å². The van der Waals surface area contributed by atoms with E-state index in [4.69, 9.17) is 16.3 Å². The number of benzene rings is 2. The molecule has 2 rings (SSSR count). The molecule has 0 fully saturated rings. The van der Waals surface area contributed by atoms with Crippen LogP contribution in [0, 0.1) is 0 Å². The van der Waals surface area contributed by atoms with Gasteiger partial charge in [0.25, 0.3) is 0 Å². The predicted octanol–water partition coefficient (Wildman–Crippen LogP) is 4.91. The largest absolute Gasteiger partial charge is 0.573 e. The van der Waals surface area contributed by atoms with Crippen LogP contribution in [0.1, 0.15) is 0 Å². The van der Waals surface area contributed by atoms with Crippen LogP contribution in [0.15, 0.2) is 42.5 Å². The average molecular weight is 303 g/mol. The third-order valence-corrected chi connectivity index (χ3v) is 2.89. The van der Waals surface area contributed by atoms with Gasteiger partial charge in [0, 0.05) is 5.56 Å². The second kappa shape index (κ2) is 5.63. The first-order chi connectivity index (χ1) is 9.40. The van der Waals surface area contributed by atoms with Gasteiger partial charge in [-0.3, -0.25) is 0 Å². The Hall–Kier alpha value is -1.88. The van der Waals surface area contributed by atoms with Crippen molar-refractivity contribution in [3.05, 3.63) is 47.5 Å². The van der Waals surface area contributed by atoms with Crippen LogP contribution < -0.4 is 9.47 Å². The topological polar surface area (TPSA) is 18.5 Å². The maximum Gasteiger partial charge on any atom is 0.573 e. The third kappa shape index (κ3) is 3.36. The van der Waals surface area contributed by atoms with Gasteiger partial charge in [0.15, 0.2) is 0 Å². The Balaban J connectivity index is 2.36. The highest BCUT2D eigenvalue weighted by atomic mass is 35.5. The summed E-state index contributed by atoms with van der Waals surface area (Å²) < 4.78 is 45.3. The van der Waals surface area contributed by atoms with Gasteiger partial charge in [-0.2, -0.15) is 0 Å². The van der Waals surface area contributed by atoms with Crippen molar-refractivity contribution in [2.24, 2.45) is 0 Å². The van der Waals surface area contributed by atoms with Crippen LogP contribution in [-0.2, 0) is 0 Å². The molecule has 2 aromatic rings. The second-order valence-electron chi connectivity index (χ2n) is 3.89. The molecule has 0 saturated heterocycles. The summed E-state index contributed by atoms with van der Waals surface area (Å²) in [5.74, 6) is 0.259. The molecular weight excluding hydrogens is 293 g/mol. The predicted molar refractivity (Wildman–Crippen MR) is 70.1 cm³/mol. The van der Waals surface area contributed by atoms with Crippen molar-refractivity contribution in [2.75, 3.05) is 7.11 Å². The van der Waals surface area contributed by atoms with E-state index in [9.17, 15) is 13.2 Å². The number of hydrogen-bond donors (Lipinski definition) is 0. The zero-order valence-electron chi connectivity index (χ0n) is 10.4. The average Bonchev–Trinajstić information content (AvgIpc) is 2.38. The van der Waals surface area contributed by atoms with Gasteiger partial charge in [0.1, 0.15) is 11.5 Å². The Bertz CT molecular complexity index is 594. The monoisotopic (exact) mass is 302 g/mol. The van der Waals surface area contributed by atoms with Crippen LogP contribution in [0.3, 0.4) is 0 Å². The fraction of sp³-hybridized carbons (Fsp3) is 0.143. The molecule has 0 spiro atoms. The first kappa shape index (κ1) is 14.5. The SMILES string of the molecule is COc1cccc(Cl)c1-c1ccc(OC(F)(F)F)cc1. The van der Waals surface area contributed by atoms with Gasteiger partial charge in [-0.1, -0.05) is 29.8 Å². The van der Waals surface area contributed by atoms with E-state index in [1.165, 1.54) is 31.4 Å². The smallest absolute Gasteiger partial charge is 0.496 e. The van der Waals surface area contributed by atoms with Crippen LogP contribution in [0.2, 0.25) is 5.02 Å². The lowest BCUT2D eigenvalue weighted by atomic mass is 10.0. The van der Waals surface area contributed by atoms with Crippen LogP contribution in [0.4, 0.5) is 13.2 Å². The molecule has 0 atom stereocenters. The highest BCUT2D eigenvalue weighted by molar-refractivity contribution is 6.33. The molecule has 6 heteroatoms. The lowest BCUT2D eigenvalue weighted by Gasteiger charge is -2.12. The molecule has 0 aromatic heterocycles. The second-order valence-corrected chi connectivity index (χ2v) is 4.30. The fourth-order valence-electron chi connectivity index (χ4n) is 1.78. The van der Waals surface area contributed by atoms with Crippen molar-refractivity contribution in [1.29, 1.82) is 0 Å². The molecule has 2 aromatic carbocycles. The number of methoxy groups -OCH3 is 1. The van der Waals surface area contributed by atoms with Crippen LogP contribution in [0.5, 0.6) is 11.5 Å². The minimum Gasteiger partial charge on any atom is -0.496 e. The zero-order chi connectivity index (χ0) is 14.8. The molecule has 0 saturated carbocycles. The van der Waals surface area contributed by atoms with Gasteiger partial charge in [0.2, 0.25) is 0 Å². The molecule has 0 aliphatic heterocycles. The Morgan fingerprint density at radius 3 is 2.20 bits per heavy atom. The summed E-state index contributed by atoms with van der Waals surface area (Å²) in [6.45, 7) is 0. The Labute approximate surface area is 118 Å². The summed E-state index contributed by atoms with van der Waals surface area (Å²) >= 11 is 6.10. The molecule has 0 amide bonds. The van der Waals surface area contributed by atoms with E-state index in [-0.39, 0.29) is 5.75 Å². The van der Waals surface area contributed by atoms with Crippen molar-refractivity contribution < 1.29 is 22.6 Å². The molecule has 0 aliphatic carbocycles. The van der Waals surface area contributed by atoms with E-state index >= 15 is 0 Å². The summed E-state index contributed by atoms with van der Waals surface area (Å²) in [5, 5.41) is 0.453. The third-order valence-electron chi connectivity index (χ3n) is 2.57. The van der Waals surface area contributed by atoms with Gasteiger partial charge < -0.3 is 9.47 Å². The number of ether oxygens (including phenoxy) is 2. The van der Waals surface area contributed by atoms with Crippen molar-refractivity contribution in [2.45, 2.75) is 6.36 Å². The maximum atomic E-state index is 12.1. The Morgan fingerprint density at radius 1 is 1.00 bits per heavy atom. The summed E-state index contributed by atoms with van der Waals surface area (Å²) in [4.78, 5) is 0. The fourth-order valence-corrected chi connectivity index (χ4v) is 2.05. The Morgan fingerprint density at radius 2 is 1.65 bits per heavy atom. The standard InChI is InChI=1S/C14H10ClF3O2/c1-19-12-4-2-3-11(15)13(12)9-5-7-10(8-6-9)20-14(16,17)18/h2-8H,1H3. The molecule has 106 valence electrons. The molecule has 2 nitrogen and oxygen atoms in total. The quantitative estimate of drug-likeness (QED) is 0.801. The van der Waals surface area contributed by atoms with Crippen LogP contribution in [-0.4, -0.2) is 13.5 Å². The first-order valence-electron chi connectivity index (χ1n) is 5.59. The molecule has 0 aliphatic rings. The van der Waals surface area contributed by atoms with Crippen molar-refractivity contribution in [1.82, 2.24) is 0 Å². The molecule has 0 unspecified atom stereocenters. The van der Waals surface area contributed by atoms with E-state index in [2.05, 4.69) is 4.74 Å². The van der Waals surface area contributed by atoms with E-state index in [1.807, 2.05) is 0 Å². The first-order valence-corrected chi connectivity index (χ1v) is 5.97. The van der Waals surface area contributed by atoms with Gasteiger partial charge >= 0.3 is 6.36 Å². The van der Waals surface area contributed by atoms with Gasteiger partial charge in [-0.25, -0.2) is 0 Å². The van der Waals surface area contributed by atoms with E-state index in [0.29, 0.717) is 21.9 Å². The molecule has 0 bridgehead atoms. The number of alkyl halides is 3. The number of rotatable bonds is 3. The highest BCUT2D eigenvalue weighted by Crippen LogP contribution is 2.37. The van der Waals surface area contributed by atoms with Gasteiger partial charge in [0.05, 0.1) is 12.1 Å². The summed E-state index contributed by atoms with van der Waals surface area (Å²) in [5.41, 5.74) is 1.26.